The molecule has 1 amide bonds. The number of aliphatic carboxylic acids is 1. The lowest BCUT2D eigenvalue weighted by molar-refractivity contribution is -0.146. The fraction of sp³-hybridized carbons (Fsp3) is 0.750. The molecule has 74 valence electrons. The van der Waals surface area contributed by atoms with Crippen LogP contribution in [0.4, 0.5) is 0 Å². The first-order chi connectivity index (χ1) is 6.15. The van der Waals surface area contributed by atoms with Crippen molar-refractivity contribution in [2.75, 3.05) is 19.6 Å². The summed E-state index contributed by atoms with van der Waals surface area (Å²) in [6.07, 6.45) is 0.703. The summed E-state index contributed by atoms with van der Waals surface area (Å²) in [6, 6.07) is -0.201. The van der Waals surface area contributed by atoms with Gasteiger partial charge in [0.15, 0.2) is 0 Å². The third-order valence-electron chi connectivity index (χ3n) is 2.12. The Morgan fingerprint density at radius 3 is 3.00 bits per heavy atom. The Kier molecular flexibility index (Phi) is 3.25. The van der Waals surface area contributed by atoms with Crippen LogP contribution in [0.25, 0.3) is 0 Å². The minimum atomic E-state index is -0.954. The Balaban J connectivity index is 2.54. The lowest BCUT2D eigenvalue weighted by atomic mass is 10.1. The van der Waals surface area contributed by atoms with Crippen molar-refractivity contribution < 1.29 is 14.7 Å². The molecule has 1 aliphatic rings. The molecule has 0 spiro atoms. The van der Waals surface area contributed by atoms with Crippen LogP contribution >= 0.6 is 0 Å². The summed E-state index contributed by atoms with van der Waals surface area (Å²) in [5.74, 6) is -1.05. The molecular weight excluding hydrogens is 172 g/mol. The van der Waals surface area contributed by atoms with Gasteiger partial charge in [-0.25, -0.2) is 0 Å². The van der Waals surface area contributed by atoms with Crippen molar-refractivity contribution in [3.05, 3.63) is 0 Å². The average molecular weight is 186 g/mol. The van der Waals surface area contributed by atoms with Crippen LogP contribution < -0.4 is 5.32 Å². The van der Waals surface area contributed by atoms with E-state index in [1.807, 2.05) is 6.92 Å². The smallest absolute Gasteiger partial charge is 0.323 e. The Morgan fingerprint density at radius 2 is 2.46 bits per heavy atom. The van der Waals surface area contributed by atoms with Gasteiger partial charge in [-0.3, -0.25) is 9.59 Å². The highest BCUT2D eigenvalue weighted by atomic mass is 16.4. The van der Waals surface area contributed by atoms with Crippen molar-refractivity contribution in [2.24, 2.45) is 0 Å². The van der Waals surface area contributed by atoms with Gasteiger partial charge < -0.3 is 15.3 Å². The van der Waals surface area contributed by atoms with E-state index in [0.29, 0.717) is 19.5 Å². The molecule has 0 radical (unpaired) electrons. The first kappa shape index (κ1) is 9.98. The molecule has 1 atom stereocenters. The molecule has 13 heavy (non-hydrogen) atoms. The molecule has 0 aromatic heterocycles. The molecule has 2 N–H and O–H groups in total. The van der Waals surface area contributed by atoms with E-state index in [1.165, 1.54) is 4.90 Å². The highest BCUT2D eigenvalue weighted by Gasteiger charge is 2.27. The molecule has 1 fully saturated rings. The lowest BCUT2D eigenvalue weighted by Crippen LogP contribution is -2.55. The van der Waals surface area contributed by atoms with Gasteiger partial charge in [0.25, 0.3) is 0 Å². The highest BCUT2D eigenvalue weighted by molar-refractivity contribution is 5.85. The van der Waals surface area contributed by atoms with E-state index in [9.17, 15) is 9.59 Å². The van der Waals surface area contributed by atoms with Crippen LogP contribution in [-0.2, 0) is 9.59 Å². The summed E-state index contributed by atoms with van der Waals surface area (Å²) < 4.78 is 0. The fourth-order valence-electron chi connectivity index (χ4n) is 1.43. The Morgan fingerprint density at radius 1 is 1.77 bits per heavy atom. The summed E-state index contributed by atoms with van der Waals surface area (Å²) >= 11 is 0. The molecule has 1 saturated heterocycles. The average Bonchev–Trinajstić information content (AvgIpc) is 2.08. The van der Waals surface area contributed by atoms with E-state index < -0.39 is 5.97 Å². The molecule has 0 aromatic rings. The number of hydrogen-bond donors (Lipinski definition) is 2. The predicted molar refractivity (Wildman–Crippen MR) is 46.3 cm³/mol. The zero-order chi connectivity index (χ0) is 9.84. The van der Waals surface area contributed by atoms with Crippen LogP contribution in [0.5, 0.6) is 0 Å². The van der Waals surface area contributed by atoms with E-state index >= 15 is 0 Å². The van der Waals surface area contributed by atoms with Gasteiger partial charge >= 0.3 is 5.97 Å². The fourth-order valence-corrected chi connectivity index (χ4v) is 1.43. The van der Waals surface area contributed by atoms with E-state index in [2.05, 4.69) is 5.32 Å². The van der Waals surface area contributed by atoms with Crippen LogP contribution in [0.1, 0.15) is 13.3 Å². The van der Waals surface area contributed by atoms with Crippen LogP contribution in [0.2, 0.25) is 0 Å². The number of nitrogens with one attached hydrogen (secondary N) is 1. The number of carbonyl (C=O) groups is 2. The summed E-state index contributed by atoms with van der Waals surface area (Å²) in [6.45, 7) is 2.88. The number of carbonyl (C=O) groups excluding carboxylic acids is 1. The van der Waals surface area contributed by atoms with Crippen molar-refractivity contribution in [1.29, 1.82) is 0 Å². The van der Waals surface area contributed by atoms with Crippen LogP contribution in [0, 0.1) is 0 Å². The van der Waals surface area contributed by atoms with Gasteiger partial charge in [0.1, 0.15) is 6.54 Å². The highest BCUT2D eigenvalue weighted by Crippen LogP contribution is 2.03. The maximum absolute atomic E-state index is 11.5. The summed E-state index contributed by atoms with van der Waals surface area (Å²) in [7, 11) is 0. The number of amides is 1. The number of hydrogen-bond acceptors (Lipinski definition) is 3. The summed E-state index contributed by atoms with van der Waals surface area (Å²) in [4.78, 5) is 23.3. The molecule has 5 nitrogen and oxygen atoms in total. The third-order valence-corrected chi connectivity index (χ3v) is 2.12. The van der Waals surface area contributed by atoms with Gasteiger partial charge in [-0.15, -0.1) is 0 Å². The molecule has 1 heterocycles. The minimum absolute atomic E-state index is 0.101. The molecule has 0 saturated carbocycles. The summed E-state index contributed by atoms with van der Waals surface area (Å²) in [5, 5.41) is 11.6. The van der Waals surface area contributed by atoms with Crippen molar-refractivity contribution in [2.45, 2.75) is 19.4 Å². The van der Waals surface area contributed by atoms with Crippen LogP contribution in [0.15, 0.2) is 0 Å². The Hall–Kier alpha value is -1.10. The van der Waals surface area contributed by atoms with Gasteiger partial charge in [-0.05, 0) is 6.42 Å². The number of piperazine rings is 1. The third kappa shape index (κ3) is 2.42. The van der Waals surface area contributed by atoms with Crippen molar-refractivity contribution >= 4 is 11.9 Å². The normalized spacial score (nSPS) is 23.3. The van der Waals surface area contributed by atoms with Gasteiger partial charge in [-0.2, -0.15) is 0 Å². The van der Waals surface area contributed by atoms with Gasteiger partial charge in [0.05, 0.1) is 6.04 Å². The molecule has 5 heteroatoms. The lowest BCUT2D eigenvalue weighted by Gasteiger charge is -2.31. The second-order valence-corrected chi connectivity index (χ2v) is 3.07. The zero-order valence-corrected chi connectivity index (χ0v) is 7.62. The molecule has 1 rings (SSSR count). The Labute approximate surface area is 76.7 Å². The van der Waals surface area contributed by atoms with E-state index in [-0.39, 0.29) is 18.5 Å². The number of nitrogens with zero attached hydrogens (tertiary/aromatic N) is 1. The monoisotopic (exact) mass is 186 g/mol. The predicted octanol–water partition coefficient (Wildman–Crippen LogP) is -0.719. The molecule has 0 aliphatic carbocycles. The maximum atomic E-state index is 11.5. The number of carboxylic acids is 1. The first-order valence-electron chi connectivity index (χ1n) is 4.39. The Bertz CT molecular complexity index is 217. The van der Waals surface area contributed by atoms with Gasteiger partial charge in [-0.1, -0.05) is 6.92 Å². The topological polar surface area (TPSA) is 69.6 Å². The van der Waals surface area contributed by atoms with Crippen molar-refractivity contribution in [3.8, 4) is 0 Å². The number of carboxylic acid groups (broad SMARTS) is 1. The van der Waals surface area contributed by atoms with E-state index in [4.69, 9.17) is 5.11 Å². The van der Waals surface area contributed by atoms with Crippen molar-refractivity contribution in [3.63, 3.8) is 0 Å². The van der Waals surface area contributed by atoms with Gasteiger partial charge in [0.2, 0.25) is 5.91 Å². The second kappa shape index (κ2) is 4.23. The second-order valence-electron chi connectivity index (χ2n) is 3.07. The zero-order valence-electron chi connectivity index (χ0n) is 7.62. The van der Waals surface area contributed by atoms with Crippen LogP contribution in [-0.4, -0.2) is 47.6 Å². The van der Waals surface area contributed by atoms with Crippen molar-refractivity contribution in [1.82, 2.24) is 10.2 Å². The molecule has 0 bridgehead atoms. The largest absolute Gasteiger partial charge is 0.480 e. The van der Waals surface area contributed by atoms with Gasteiger partial charge in [0, 0.05) is 13.1 Å². The SMILES string of the molecule is CCC1NCCN(CC(=O)O)C1=O. The summed E-state index contributed by atoms with van der Waals surface area (Å²) in [5.41, 5.74) is 0. The standard InChI is InChI=1S/C8H14N2O3/c1-2-6-8(13)10(4-3-9-6)5-7(11)12/h6,9H,2-5H2,1H3,(H,11,12). The molecule has 0 aromatic carbocycles. The van der Waals surface area contributed by atoms with Crippen LogP contribution in [0.3, 0.4) is 0 Å². The molecule has 1 unspecified atom stereocenters. The quantitative estimate of drug-likeness (QED) is 0.610. The number of rotatable bonds is 3. The molecular formula is C8H14N2O3. The molecule has 1 aliphatic heterocycles. The maximum Gasteiger partial charge on any atom is 0.323 e. The minimum Gasteiger partial charge on any atom is -0.480 e. The van der Waals surface area contributed by atoms with E-state index in [0.717, 1.165) is 0 Å². The van der Waals surface area contributed by atoms with E-state index in [1.54, 1.807) is 0 Å². The first-order valence-corrected chi connectivity index (χ1v) is 4.39.